The monoisotopic (exact) mass is 512 g/mol. The summed E-state index contributed by atoms with van der Waals surface area (Å²) in [5, 5.41) is 3.39. The first-order valence-corrected chi connectivity index (χ1v) is 14.4. The van der Waals surface area contributed by atoms with Gasteiger partial charge in [-0.15, -0.1) is 0 Å². The molecule has 2 saturated heterocycles. The van der Waals surface area contributed by atoms with Gasteiger partial charge in [0.25, 0.3) is 0 Å². The van der Waals surface area contributed by atoms with Gasteiger partial charge >= 0.3 is 0 Å². The molecule has 194 valence electrons. The Morgan fingerprint density at radius 2 is 1.72 bits per heavy atom. The standard InChI is InChI=1S/C27H36N4O4S/c1-20-18-22-8-4-5-9-25(22)31(20)27(32)21(2)28-24-19-23(36(33,34)30-12-6-3-7-13-30)10-11-26(24)29-14-16-35-17-15-29/h4-5,8-11,19-21,28H,3,6-7,12-18H2,1-2H3/t20-,21-/m0/s1. The Kier molecular flexibility index (Phi) is 7.23. The Labute approximate surface area is 214 Å². The van der Waals surface area contributed by atoms with Crippen molar-refractivity contribution in [3.05, 3.63) is 48.0 Å². The van der Waals surface area contributed by atoms with Crippen molar-refractivity contribution < 1.29 is 17.9 Å². The first kappa shape index (κ1) is 25.0. The van der Waals surface area contributed by atoms with E-state index in [0.717, 1.165) is 37.1 Å². The Balaban J connectivity index is 1.45. The molecule has 0 aromatic heterocycles. The van der Waals surface area contributed by atoms with Crippen LogP contribution in [0.5, 0.6) is 0 Å². The number of carbonyl (C=O) groups excluding carboxylic acids is 1. The number of nitrogens with zero attached hydrogens (tertiary/aromatic N) is 3. The molecule has 3 aliphatic heterocycles. The van der Waals surface area contributed by atoms with Crippen molar-refractivity contribution in [1.29, 1.82) is 0 Å². The second kappa shape index (κ2) is 10.4. The lowest BCUT2D eigenvalue weighted by atomic mass is 10.1. The van der Waals surface area contributed by atoms with Crippen molar-refractivity contribution >= 4 is 33.0 Å². The maximum Gasteiger partial charge on any atom is 0.249 e. The molecule has 0 bridgehead atoms. The summed E-state index contributed by atoms with van der Waals surface area (Å²) in [6.45, 7) is 7.68. The number of morpholine rings is 1. The zero-order chi connectivity index (χ0) is 25.3. The molecule has 0 unspecified atom stereocenters. The largest absolute Gasteiger partial charge is 0.378 e. The van der Waals surface area contributed by atoms with Crippen LogP contribution in [0.15, 0.2) is 47.4 Å². The number of amides is 1. The fraction of sp³-hybridized carbons (Fsp3) is 0.519. The lowest BCUT2D eigenvalue weighted by Crippen LogP contribution is -2.45. The highest BCUT2D eigenvalue weighted by Gasteiger charge is 2.34. The predicted molar refractivity (Wildman–Crippen MR) is 142 cm³/mol. The van der Waals surface area contributed by atoms with Gasteiger partial charge in [0.2, 0.25) is 15.9 Å². The van der Waals surface area contributed by atoms with Crippen LogP contribution in [0.25, 0.3) is 0 Å². The molecule has 8 nitrogen and oxygen atoms in total. The van der Waals surface area contributed by atoms with Gasteiger partial charge in [-0.2, -0.15) is 4.31 Å². The number of hydrogen-bond acceptors (Lipinski definition) is 6. The van der Waals surface area contributed by atoms with E-state index < -0.39 is 16.1 Å². The number of hydrogen-bond donors (Lipinski definition) is 1. The first-order valence-electron chi connectivity index (χ1n) is 13.0. The average molecular weight is 513 g/mol. The van der Waals surface area contributed by atoms with Gasteiger partial charge in [-0.1, -0.05) is 24.6 Å². The highest BCUT2D eigenvalue weighted by atomic mass is 32.2. The summed E-state index contributed by atoms with van der Waals surface area (Å²) in [6.07, 6.45) is 3.66. The van der Waals surface area contributed by atoms with E-state index in [9.17, 15) is 13.2 Å². The number of carbonyl (C=O) groups is 1. The summed E-state index contributed by atoms with van der Waals surface area (Å²) in [7, 11) is -3.60. The van der Waals surface area contributed by atoms with Crippen LogP contribution in [0.4, 0.5) is 17.1 Å². The van der Waals surface area contributed by atoms with Crippen LogP contribution < -0.4 is 15.1 Å². The van der Waals surface area contributed by atoms with Crippen LogP contribution in [0.2, 0.25) is 0 Å². The van der Waals surface area contributed by atoms with Gasteiger partial charge < -0.3 is 19.9 Å². The van der Waals surface area contributed by atoms with Gasteiger partial charge in [0.05, 0.1) is 29.5 Å². The smallest absolute Gasteiger partial charge is 0.249 e. The summed E-state index contributed by atoms with van der Waals surface area (Å²) < 4.78 is 34.0. The van der Waals surface area contributed by atoms with Crippen molar-refractivity contribution in [2.75, 3.05) is 54.5 Å². The van der Waals surface area contributed by atoms with Gasteiger partial charge in [0, 0.05) is 37.9 Å². The zero-order valence-corrected chi connectivity index (χ0v) is 22.0. The number of anilines is 3. The van der Waals surface area contributed by atoms with Gasteiger partial charge in [-0.3, -0.25) is 4.79 Å². The number of rotatable bonds is 6. The molecule has 0 aliphatic carbocycles. The number of benzene rings is 2. The third-order valence-corrected chi connectivity index (χ3v) is 9.35. The Morgan fingerprint density at radius 3 is 2.47 bits per heavy atom. The average Bonchev–Trinajstić information content (AvgIpc) is 3.24. The third-order valence-electron chi connectivity index (χ3n) is 7.46. The maximum atomic E-state index is 13.6. The van der Waals surface area contributed by atoms with Gasteiger partial charge in [0.1, 0.15) is 6.04 Å². The minimum atomic E-state index is -3.60. The fourth-order valence-corrected chi connectivity index (χ4v) is 7.07. The van der Waals surface area contributed by atoms with Crippen molar-refractivity contribution in [3.63, 3.8) is 0 Å². The van der Waals surface area contributed by atoms with Crippen molar-refractivity contribution in [2.24, 2.45) is 0 Å². The van der Waals surface area contributed by atoms with Gasteiger partial charge in [-0.25, -0.2) is 8.42 Å². The SMILES string of the molecule is C[C@H](Nc1cc(S(=O)(=O)N2CCCCC2)ccc1N1CCOCC1)C(=O)N1c2ccccc2C[C@@H]1C. The molecule has 0 spiro atoms. The molecule has 2 fully saturated rings. The number of nitrogens with one attached hydrogen (secondary N) is 1. The Bertz CT molecular complexity index is 1210. The maximum absolute atomic E-state index is 13.6. The van der Waals surface area contributed by atoms with E-state index in [4.69, 9.17) is 4.74 Å². The molecule has 2 aromatic carbocycles. The summed E-state index contributed by atoms with van der Waals surface area (Å²) in [5.74, 6) is -0.0235. The molecule has 9 heteroatoms. The molecule has 0 radical (unpaired) electrons. The number of ether oxygens (including phenoxy) is 1. The molecule has 2 aromatic rings. The van der Waals surface area contributed by atoms with Crippen molar-refractivity contribution in [1.82, 2.24) is 4.31 Å². The molecular formula is C27H36N4O4S. The third kappa shape index (κ3) is 4.84. The zero-order valence-electron chi connectivity index (χ0n) is 21.2. The number of para-hydroxylation sites is 1. The molecule has 1 amide bonds. The molecule has 5 rings (SSSR count). The number of sulfonamides is 1. The van der Waals surface area contributed by atoms with E-state index in [-0.39, 0.29) is 16.8 Å². The predicted octanol–water partition coefficient (Wildman–Crippen LogP) is 3.48. The minimum absolute atomic E-state index is 0.0235. The van der Waals surface area contributed by atoms with E-state index in [0.29, 0.717) is 45.1 Å². The molecule has 1 N–H and O–H groups in total. The van der Waals surface area contributed by atoms with E-state index >= 15 is 0 Å². The summed E-state index contributed by atoms with van der Waals surface area (Å²) in [4.78, 5) is 18.0. The highest BCUT2D eigenvalue weighted by Crippen LogP contribution is 2.35. The Hall–Kier alpha value is -2.62. The van der Waals surface area contributed by atoms with E-state index in [1.54, 1.807) is 16.4 Å². The quantitative estimate of drug-likeness (QED) is 0.638. The summed E-state index contributed by atoms with van der Waals surface area (Å²) in [5.41, 5.74) is 3.69. The van der Waals surface area contributed by atoms with Crippen LogP contribution in [0.3, 0.4) is 0 Å². The summed E-state index contributed by atoms with van der Waals surface area (Å²) in [6, 6.07) is 12.8. The lowest BCUT2D eigenvalue weighted by molar-refractivity contribution is -0.119. The number of fused-ring (bicyclic) bond motifs is 1. The molecule has 2 atom stereocenters. The highest BCUT2D eigenvalue weighted by molar-refractivity contribution is 7.89. The topological polar surface area (TPSA) is 82.2 Å². The fourth-order valence-electron chi connectivity index (χ4n) is 5.53. The van der Waals surface area contributed by atoms with Gasteiger partial charge in [0.15, 0.2) is 0 Å². The van der Waals surface area contributed by atoms with Crippen molar-refractivity contribution in [2.45, 2.75) is 56.5 Å². The van der Waals surface area contributed by atoms with Crippen LogP contribution in [0.1, 0.15) is 38.7 Å². The van der Waals surface area contributed by atoms with Gasteiger partial charge in [-0.05, 0) is 62.9 Å². The van der Waals surface area contributed by atoms with Crippen LogP contribution in [-0.4, -0.2) is 70.1 Å². The molecule has 3 aliphatic rings. The summed E-state index contributed by atoms with van der Waals surface area (Å²) >= 11 is 0. The van der Waals surface area contributed by atoms with E-state index in [1.165, 1.54) is 5.56 Å². The normalized spacial score (nSPS) is 21.8. The lowest BCUT2D eigenvalue weighted by Gasteiger charge is -2.33. The Morgan fingerprint density at radius 1 is 1.00 bits per heavy atom. The van der Waals surface area contributed by atoms with Crippen LogP contribution >= 0.6 is 0 Å². The van der Waals surface area contributed by atoms with Crippen LogP contribution in [-0.2, 0) is 26.0 Å². The minimum Gasteiger partial charge on any atom is -0.378 e. The number of piperidine rings is 1. The van der Waals surface area contributed by atoms with Crippen LogP contribution in [0, 0.1) is 0 Å². The molecule has 0 saturated carbocycles. The van der Waals surface area contributed by atoms with Crippen molar-refractivity contribution in [3.8, 4) is 0 Å². The van der Waals surface area contributed by atoms with E-state index in [1.807, 2.05) is 36.1 Å². The molecular weight excluding hydrogens is 476 g/mol. The first-order chi connectivity index (χ1) is 17.4. The van der Waals surface area contributed by atoms with E-state index in [2.05, 4.69) is 23.2 Å². The molecule has 3 heterocycles. The second-order valence-corrected chi connectivity index (χ2v) is 11.9. The molecule has 36 heavy (non-hydrogen) atoms. The second-order valence-electron chi connectivity index (χ2n) is 10.00.